The Morgan fingerprint density at radius 3 is 2.89 bits per heavy atom. The molecule has 1 aromatic carbocycles. The topological polar surface area (TPSA) is 84.7 Å². The van der Waals surface area contributed by atoms with Crippen LogP contribution in [0.4, 0.5) is 5.69 Å². The van der Waals surface area contributed by atoms with Gasteiger partial charge in [-0.15, -0.1) is 0 Å². The Kier molecular flexibility index (Phi) is 3.82. The van der Waals surface area contributed by atoms with Crippen molar-refractivity contribution in [2.24, 2.45) is 5.73 Å². The first-order chi connectivity index (χ1) is 9.08. The molecule has 3 N–H and O–H groups in total. The van der Waals surface area contributed by atoms with Gasteiger partial charge < -0.3 is 15.8 Å². The van der Waals surface area contributed by atoms with E-state index >= 15 is 0 Å². The van der Waals surface area contributed by atoms with Crippen molar-refractivity contribution in [3.05, 3.63) is 23.8 Å². The molecule has 2 amide bonds. The molecule has 0 aromatic heterocycles. The number of carbonyl (C=O) groups is 2. The minimum atomic E-state index is -0.682. The molecule has 1 atom stereocenters. The summed E-state index contributed by atoms with van der Waals surface area (Å²) in [6.07, 6.45) is -0.682. The van der Waals surface area contributed by atoms with Crippen molar-refractivity contribution in [2.45, 2.75) is 19.6 Å². The molecule has 2 rings (SSSR count). The fourth-order valence-electron chi connectivity index (χ4n) is 2.04. The van der Waals surface area contributed by atoms with Gasteiger partial charge in [0, 0.05) is 6.54 Å². The van der Waals surface area contributed by atoms with Crippen LogP contribution in [-0.2, 0) is 16.1 Å². The lowest BCUT2D eigenvalue weighted by Gasteiger charge is -2.31. The van der Waals surface area contributed by atoms with Gasteiger partial charge in [0.1, 0.15) is 5.75 Å². The molecule has 0 saturated carbocycles. The Balaban J connectivity index is 2.47. The second kappa shape index (κ2) is 5.38. The number of benzene rings is 1. The number of hydrogen-bond acceptors (Lipinski definition) is 5. The van der Waals surface area contributed by atoms with E-state index in [-0.39, 0.29) is 12.5 Å². The van der Waals surface area contributed by atoms with Crippen molar-refractivity contribution in [3.63, 3.8) is 0 Å². The number of fused-ring (bicyclic) bond motifs is 1. The SMILES string of the molecule is CNCc1ccc2c(c1)N(C(=O)CN)C(=O)C(C)O2. The van der Waals surface area contributed by atoms with Crippen LogP contribution in [0.25, 0.3) is 0 Å². The summed E-state index contributed by atoms with van der Waals surface area (Å²) >= 11 is 0. The monoisotopic (exact) mass is 263 g/mol. The van der Waals surface area contributed by atoms with Gasteiger partial charge in [-0.05, 0) is 31.7 Å². The zero-order chi connectivity index (χ0) is 14.0. The van der Waals surface area contributed by atoms with E-state index < -0.39 is 12.0 Å². The summed E-state index contributed by atoms with van der Waals surface area (Å²) in [5, 5.41) is 3.01. The fraction of sp³-hybridized carbons (Fsp3) is 0.385. The minimum Gasteiger partial charge on any atom is -0.479 e. The average molecular weight is 263 g/mol. The Morgan fingerprint density at radius 2 is 2.26 bits per heavy atom. The third-order valence-corrected chi connectivity index (χ3v) is 2.94. The van der Waals surface area contributed by atoms with E-state index in [0.29, 0.717) is 18.0 Å². The molecular formula is C13H17N3O3. The van der Waals surface area contributed by atoms with Crippen LogP contribution in [0, 0.1) is 0 Å². The third kappa shape index (κ3) is 2.45. The molecule has 1 aliphatic rings. The van der Waals surface area contributed by atoms with Crippen LogP contribution < -0.4 is 20.7 Å². The van der Waals surface area contributed by atoms with Crippen LogP contribution in [0.15, 0.2) is 18.2 Å². The normalized spacial score (nSPS) is 17.9. The number of amides is 2. The van der Waals surface area contributed by atoms with E-state index in [4.69, 9.17) is 10.5 Å². The largest absolute Gasteiger partial charge is 0.479 e. The standard InChI is InChI=1S/C13H17N3O3/c1-8-13(18)16(12(17)6-14)10-5-9(7-15-2)3-4-11(10)19-8/h3-5,8,15H,6-7,14H2,1-2H3. The molecule has 102 valence electrons. The number of ether oxygens (including phenoxy) is 1. The van der Waals surface area contributed by atoms with Crippen molar-refractivity contribution < 1.29 is 14.3 Å². The number of nitrogens with zero attached hydrogens (tertiary/aromatic N) is 1. The van der Waals surface area contributed by atoms with Gasteiger partial charge in [0.05, 0.1) is 12.2 Å². The molecule has 1 unspecified atom stereocenters. The van der Waals surface area contributed by atoms with Crippen LogP contribution >= 0.6 is 0 Å². The number of nitrogens with one attached hydrogen (secondary N) is 1. The van der Waals surface area contributed by atoms with Crippen LogP contribution in [-0.4, -0.2) is 31.5 Å². The summed E-state index contributed by atoms with van der Waals surface area (Å²) < 4.78 is 5.50. The first kappa shape index (κ1) is 13.5. The first-order valence-corrected chi connectivity index (χ1v) is 6.09. The van der Waals surface area contributed by atoms with Crippen LogP contribution in [0.2, 0.25) is 0 Å². The maximum Gasteiger partial charge on any atom is 0.274 e. The Labute approximate surface area is 111 Å². The fourth-order valence-corrected chi connectivity index (χ4v) is 2.04. The van der Waals surface area contributed by atoms with Gasteiger partial charge in [0.25, 0.3) is 5.91 Å². The minimum absolute atomic E-state index is 0.214. The quantitative estimate of drug-likeness (QED) is 0.802. The summed E-state index contributed by atoms with van der Waals surface area (Å²) in [6.45, 7) is 2.04. The summed E-state index contributed by atoms with van der Waals surface area (Å²) in [5.74, 6) is -0.290. The van der Waals surface area contributed by atoms with Crippen LogP contribution in [0.5, 0.6) is 5.75 Å². The molecule has 1 heterocycles. The van der Waals surface area contributed by atoms with Gasteiger partial charge in [-0.25, -0.2) is 4.90 Å². The smallest absolute Gasteiger partial charge is 0.274 e. The van der Waals surface area contributed by atoms with E-state index in [1.54, 1.807) is 19.1 Å². The number of nitrogens with two attached hydrogens (primary N) is 1. The Hall–Kier alpha value is -1.92. The van der Waals surface area contributed by atoms with Gasteiger partial charge in [-0.1, -0.05) is 6.07 Å². The van der Waals surface area contributed by atoms with Crippen molar-refractivity contribution in [2.75, 3.05) is 18.5 Å². The molecule has 1 aliphatic heterocycles. The van der Waals surface area contributed by atoms with Crippen molar-refractivity contribution in [1.29, 1.82) is 0 Å². The molecule has 0 saturated heterocycles. The molecule has 6 heteroatoms. The first-order valence-electron chi connectivity index (χ1n) is 6.09. The molecule has 0 aliphatic carbocycles. The molecule has 0 spiro atoms. The van der Waals surface area contributed by atoms with Crippen LogP contribution in [0.3, 0.4) is 0 Å². The van der Waals surface area contributed by atoms with E-state index in [1.165, 1.54) is 0 Å². The summed E-state index contributed by atoms with van der Waals surface area (Å²) in [6, 6.07) is 5.42. The molecule has 1 aromatic rings. The van der Waals surface area contributed by atoms with Crippen molar-refractivity contribution in [1.82, 2.24) is 5.32 Å². The van der Waals surface area contributed by atoms with Gasteiger partial charge in [-0.2, -0.15) is 0 Å². The number of rotatable bonds is 3. The highest BCUT2D eigenvalue weighted by atomic mass is 16.5. The zero-order valence-electron chi connectivity index (χ0n) is 11.0. The highest BCUT2D eigenvalue weighted by Gasteiger charge is 2.35. The van der Waals surface area contributed by atoms with Crippen molar-refractivity contribution >= 4 is 17.5 Å². The zero-order valence-corrected chi connectivity index (χ0v) is 11.0. The molecule has 0 radical (unpaired) electrons. The molecule has 6 nitrogen and oxygen atoms in total. The lowest BCUT2D eigenvalue weighted by atomic mass is 10.1. The highest BCUT2D eigenvalue weighted by Crippen LogP contribution is 2.34. The van der Waals surface area contributed by atoms with E-state index in [1.807, 2.05) is 13.1 Å². The number of imide groups is 1. The number of carbonyl (C=O) groups excluding carboxylic acids is 2. The summed E-state index contributed by atoms with van der Waals surface area (Å²) in [4.78, 5) is 25.0. The molecular weight excluding hydrogens is 246 g/mol. The predicted molar refractivity (Wildman–Crippen MR) is 70.8 cm³/mol. The predicted octanol–water partition coefficient (Wildman–Crippen LogP) is 0.00520. The average Bonchev–Trinajstić information content (AvgIpc) is 2.40. The van der Waals surface area contributed by atoms with E-state index in [0.717, 1.165) is 10.5 Å². The summed E-state index contributed by atoms with van der Waals surface area (Å²) in [7, 11) is 1.83. The van der Waals surface area contributed by atoms with Gasteiger partial charge in [0.15, 0.2) is 6.10 Å². The Morgan fingerprint density at radius 1 is 1.53 bits per heavy atom. The van der Waals surface area contributed by atoms with E-state index in [2.05, 4.69) is 5.32 Å². The van der Waals surface area contributed by atoms with Crippen molar-refractivity contribution in [3.8, 4) is 5.75 Å². The summed E-state index contributed by atoms with van der Waals surface area (Å²) in [5.41, 5.74) is 6.79. The Bertz CT molecular complexity index is 516. The second-order valence-corrected chi connectivity index (χ2v) is 4.36. The maximum atomic E-state index is 12.1. The van der Waals surface area contributed by atoms with E-state index in [9.17, 15) is 9.59 Å². The highest BCUT2D eigenvalue weighted by molar-refractivity contribution is 6.18. The number of anilines is 1. The van der Waals surface area contributed by atoms with Crippen LogP contribution in [0.1, 0.15) is 12.5 Å². The van der Waals surface area contributed by atoms with Gasteiger partial charge in [0.2, 0.25) is 5.91 Å². The molecule has 0 bridgehead atoms. The number of hydrogen-bond donors (Lipinski definition) is 2. The lowest BCUT2D eigenvalue weighted by Crippen LogP contribution is -2.49. The molecule has 19 heavy (non-hydrogen) atoms. The van der Waals surface area contributed by atoms with Gasteiger partial charge >= 0.3 is 0 Å². The molecule has 0 fully saturated rings. The van der Waals surface area contributed by atoms with Gasteiger partial charge in [-0.3, -0.25) is 9.59 Å². The maximum absolute atomic E-state index is 12.1. The third-order valence-electron chi connectivity index (χ3n) is 2.94. The second-order valence-electron chi connectivity index (χ2n) is 4.36. The lowest BCUT2D eigenvalue weighted by molar-refractivity contribution is -0.130.